The van der Waals surface area contributed by atoms with Crippen LogP contribution in [0.25, 0.3) is 11.1 Å². The van der Waals surface area contributed by atoms with Crippen LogP contribution in [0.2, 0.25) is 0 Å². The number of halogens is 1. The Hall–Kier alpha value is -2.73. The molecule has 0 aromatic heterocycles. The summed E-state index contributed by atoms with van der Waals surface area (Å²) in [5, 5.41) is 0. The molecule has 1 atom stereocenters. The van der Waals surface area contributed by atoms with Gasteiger partial charge in [0, 0.05) is 38.7 Å². The molecule has 26 heavy (non-hydrogen) atoms. The van der Waals surface area contributed by atoms with E-state index >= 15 is 0 Å². The van der Waals surface area contributed by atoms with E-state index in [9.17, 15) is 14.0 Å². The van der Waals surface area contributed by atoms with Gasteiger partial charge in [0.25, 0.3) is 0 Å². The van der Waals surface area contributed by atoms with Crippen molar-refractivity contribution in [1.29, 1.82) is 0 Å². The number of benzene rings is 2. The summed E-state index contributed by atoms with van der Waals surface area (Å²) in [4.78, 5) is 27.1. The minimum Gasteiger partial charge on any atom is -0.368 e. The van der Waals surface area contributed by atoms with Gasteiger partial charge in [0.05, 0.1) is 0 Å². The van der Waals surface area contributed by atoms with Crippen molar-refractivity contribution in [3.8, 4) is 11.1 Å². The van der Waals surface area contributed by atoms with Gasteiger partial charge in [0.15, 0.2) is 0 Å². The molecule has 2 N–H and O–H groups in total. The van der Waals surface area contributed by atoms with Gasteiger partial charge in [-0.2, -0.15) is 0 Å². The van der Waals surface area contributed by atoms with Crippen molar-refractivity contribution in [2.24, 2.45) is 5.73 Å². The van der Waals surface area contributed by atoms with Crippen molar-refractivity contribution in [2.75, 3.05) is 19.6 Å². The molecule has 6 heteroatoms. The van der Waals surface area contributed by atoms with E-state index in [0.717, 1.165) is 11.1 Å². The van der Waals surface area contributed by atoms with E-state index in [2.05, 4.69) is 4.90 Å². The lowest BCUT2D eigenvalue weighted by atomic mass is 9.98. The second-order valence-electron chi connectivity index (χ2n) is 6.50. The lowest BCUT2D eigenvalue weighted by Gasteiger charge is -2.39. The largest absolute Gasteiger partial charge is 0.368 e. The maximum Gasteiger partial charge on any atom is 0.241 e. The van der Waals surface area contributed by atoms with Crippen LogP contribution >= 0.6 is 0 Å². The van der Waals surface area contributed by atoms with Gasteiger partial charge in [-0.1, -0.05) is 42.5 Å². The van der Waals surface area contributed by atoms with Crippen LogP contribution in [0.1, 0.15) is 12.5 Å². The average Bonchev–Trinajstić information content (AvgIpc) is 2.62. The highest BCUT2D eigenvalue weighted by molar-refractivity contribution is 5.86. The van der Waals surface area contributed by atoms with Gasteiger partial charge in [0.1, 0.15) is 11.9 Å². The summed E-state index contributed by atoms with van der Waals surface area (Å²) in [6, 6.07) is 13.7. The average molecular weight is 355 g/mol. The number of hydrogen-bond donors (Lipinski definition) is 1. The van der Waals surface area contributed by atoms with Crippen LogP contribution in [0.3, 0.4) is 0 Å². The zero-order valence-electron chi connectivity index (χ0n) is 14.7. The molecule has 0 saturated carbocycles. The first-order chi connectivity index (χ1) is 12.5. The monoisotopic (exact) mass is 355 g/mol. The Balaban J connectivity index is 1.83. The Morgan fingerprint density at radius 2 is 1.73 bits per heavy atom. The summed E-state index contributed by atoms with van der Waals surface area (Å²) in [5.74, 6) is -0.927. The van der Waals surface area contributed by atoms with Gasteiger partial charge in [-0.25, -0.2) is 4.39 Å². The first kappa shape index (κ1) is 18.1. The fourth-order valence-corrected chi connectivity index (χ4v) is 3.44. The van der Waals surface area contributed by atoms with E-state index in [1.165, 1.54) is 17.9 Å². The number of piperazine rings is 1. The lowest BCUT2D eigenvalue weighted by Crippen LogP contribution is -2.59. The van der Waals surface area contributed by atoms with Crippen molar-refractivity contribution in [3.63, 3.8) is 0 Å². The fraction of sp³-hybridized carbons (Fsp3) is 0.300. The highest BCUT2D eigenvalue weighted by Crippen LogP contribution is 2.27. The number of hydrogen-bond acceptors (Lipinski definition) is 3. The summed E-state index contributed by atoms with van der Waals surface area (Å²) in [5.41, 5.74) is 7.83. The molecule has 1 heterocycles. The molecule has 0 radical (unpaired) electrons. The Morgan fingerprint density at radius 1 is 1.08 bits per heavy atom. The van der Waals surface area contributed by atoms with Crippen molar-refractivity contribution in [3.05, 3.63) is 59.9 Å². The van der Waals surface area contributed by atoms with E-state index in [1.807, 2.05) is 30.3 Å². The summed E-state index contributed by atoms with van der Waals surface area (Å²) < 4.78 is 14.2. The number of rotatable bonds is 4. The SMILES string of the molecule is CC(=O)N1CCN(Cc2ccccc2-c2ccccc2F)CC1C(N)=O. The summed E-state index contributed by atoms with van der Waals surface area (Å²) >= 11 is 0. The first-order valence-electron chi connectivity index (χ1n) is 8.59. The molecular weight excluding hydrogens is 333 g/mol. The summed E-state index contributed by atoms with van der Waals surface area (Å²) in [6.07, 6.45) is 0. The van der Waals surface area contributed by atoms with Gasteiger partial charge < -0.3 is 10.6 Å². The molecule has 0 aliphatic carbocycles. The van der Waals surface area contributed by atoms with Crippen molar-refractivity contribution < 1.29 is 14.0 Å². The van der Waals surface area contributed by atoms with Crippen LogP contribution in [-0.4, -0.2) is 47.3 Å². The Morgan fingerprint density at radius 3 is 2.38 bits per heavy atom. The topological polar surface area (TPSA) is 66.6 Å². The normalized spacial score (nSPS) is 17.9. The van der Waals surface area contributed by atoms with E-state index < -0.39 is 11.9 Å². The molecule has 0 spiro atoms. The van der Waals surface area contributed by atoms with E-state index in [-0.39, 0.29) is 11.7 Å². The highest BCUT2D eigenvalue weighted by Gasteiger charge is 2.32. The molecule has 2 aromatic rings. The number of nitrogens with zero attached hydrogens (tertiary/aromatic N) is 2. The number of nitrogens with two attached hydrogens (primary N) is 1. The molecule has 0 bridgehead atoms. The molecule has 1 unspecified atom stereocenters. The zero-order valence-corrected chi connectivity index (χ0v) is 14.7. The van der Waals surface area contributed by atoms with Crippen LogP contribution in [0.15, 0.2) is 48.5 Å². The number of carbonyl (C=O) groups is 2. The predicted molar refractivity (Wildman–Crippen MR) is 97.5 cm³/mol. The Bertz CT molecular complexity index is 824. The number of primary amides is 1. The molecule has 2 aromatic carbocycles. The minimum absolute atomic E-state index is 0.153. The van der Waals surface area contributed by atoms with Crippen molar-refractivity contribution in [2.45, 2.75) is 19.5 Å². The van der Waals surface area contributed by atoms with Gasteiger partial charge in [-0.15, -0.1) is 0 Å². The molecule has 1 fully saturated rings. The fourth-order valence-electron chi connectivity index (χ4n) is 3.44. The van der Waals surface area contributed by atoms with Crippen LogP contribution in [-0.2, 0) is 16.1 Å². The molecule has 2 amide bonds. The van der Waals surface area contributed by atoms with Crippen LogP contribution < -0.4 is 5.73 Å². The van der Waals surface area contributed by atoms with Crippen molar-refractivity contribution >= 4 is 11.8 Å². The second kappa shape index (κ2) is 7.66. The number of amides is 2. The van der Waals surface area contributed by atoms with Crippen LogP contribution in [0, 0.1) is 5.82 Å². The van der Waals surface area contributed by atoms with Crippen LogP contribution in [0.5, 0.6) is 0 Å². The third kappa shape index (κ3) is 3.75. The van der Waals surface area contributed by atoms with Crippen molar-refractivity contribution in [1.82, 2.24) is 9.80 Å². The molecule has 1 aliphatic rings. The number of carbonyl (C=O) groups excluding carboxylic acids is 2. The van der Waals surface area contributed by atoms with E-state index in [1.54, 1.807) is 12.1 Å². The highest BCUT2D eigenvalue weighted by atomic mass is 19.1. The minimum atomic E-state index is -0.637. The molecule has 1 aliphatic heterocycles. The molecule has 136 valence electrons. The second-order valence-corrected chi connectivity index (χ2v) is 6.50. The maximum atomic E-state index is 14.2. The summed E-state index contributed by atoms with van der Waals surface area (Å²) in [6.45, 7) is 3.46. The van der Waals surface area contributed by atoms with Crippen LogP contribution in [0.4, 0.5) is 4.39 Å². The quantitative estimate of drug-likeness (QED) is 0.912. The standard InChI is InChI=1S/C20H22FN3O2/c1-14(25)24-11-10-23(13-19(24)20(22)26)12-15-6-2-3-7-16(15)17-8-4-5-9-18(17)21/h2-9,19H,10-13H2,1H3,(H2,22,26). The third-order valence-electron chi connectivity index (χ3n) is 4.77. The van der Waals surface area contributed by atoms with Gasteiger partial charge in [0.2, 0.25) is 11.8 Å². The molecule has 1 saturated heterocycles. The smallest absolute Gasteiger partial charge is 0.241 e. The predicted octanol–water partition coefficient (Wildman–Crippen LogP) is 2.01. The van der Waals surface area contributed by atoms with E-state index in [0.29, 0.717) is 31.7 Å². The summed E-state index contributed by atoms with van der Waals surface area (Å²) in [7, 11) is 0. The van der Waals surface area contributed by atoms with Gasteiger partial charge in [-0.05, 0) is 17.2 Å². The molecule has 3 rings (SSSR count). The van der Waals surface area contributed by atoms with E-state index in [4.69, 9.17) is 5.73 Å². The Labute approximate surface area is 152 Å². The zero-order chi connectivity index (χ0) is 18.7. The molecular formula is C20H22FN3O2. The maximum absolute atomic E-state index is 14.2. The Kier molecular flexibility index (Phi) is 5.32. The van der Waals surface area contributed by atoms with Gasteiger partial charge >= 0.3 is 0 Å². The third-order valence-corrected chi connectivity index (χ3v) is 4.77. The molecule has 5 nitrogen and oxygen atoms in total. The van der Waals surface area contributed by atoms with Gasteiger partial charge in [-0.3, -0.25) is 14.5 Å². The lowest BCUT2D eigenvalue weighted by molar-refractivity contribution is -0.141. The first-order valence-corrected chi connectivity index (χ1v) is 8.59.